The Bertz CT molecular complexity index is 766. The van der Waals surface area contributed by atoms with E-state index in [0.717, 1.165) is 36.8 Å². The van der Waals surface area contributed by atoms with Crippen LogP contribution in [0, 0.1) is 11.6 Å². The van der Waals surface area contributed by atoms with Gasteiger partial charge >= 0.3 is 0 Å². The zero-order chi connectivity index (χ0) is 17.8. The predicted molar refractivity (Wildman–Crippen MR) is 92.2 cm³/mol. The van der Waals surface area contributed by atoms with Crippen LogP contribution >= 0.6 is 0 Å². The Labute approximate surface area is 145 Å². The number of carbonyl (C=O) groups excluding carboxylic acids is 1. The van der Waals surface area contributed by atoms with Gasteiger partial charge in [0.2, 0.25) is 0 Å². The van der Waals surface area contributed by atoms with Crippen molar-refractivity contribution in [3.63, 3.8) is 0 Å². The van der Waals surface area contributed by atoms with Gasteiger partial charge in [-0.05, 0) is 35.4 Å². The topological polar surface area (TPSA) is 44.4 Å². The molecule has 1 aliphatic rings. The molecule has 0 aliphatic carbocycles. The van der Waals surface area contributed by atoms with Crippen molar-refractivity contribution in [2.45, 2.75) is 12.6 Å². The summed E-state index contributed by atoms with van der Waals surface area (Å²) in [6, 6.07) is 11.6. The molecule has 1 amide bonds. The van der Waals surface area contributed by atoms with E-state index in [4.69, 9.17) is 0 Å². The summed E-state index contributed by atoms with van der Waals surface area (Å²) in [4.78, 5) is 14.1. The maximum Gasteiger partial charge on any atom is 0.251 e. The number of carbonyl (C=O) groups is 1. The normalized spacial score (nSPS) is 18.1. The largest absolute Gasteiger partial charge is 0.355 e. The molecule has 1 heterocycles. The average Bonchev–Trinajstić information content (AvgIpc) is 2.64. The van der Waals surface area contributed by atoms with Crippen molar-refractivity contribution in [1.29, 1.82) is 0 Å². The molecule has 0 bridgehead atoms. The Morgan fingerprint density at radius 3 is 2.84 bits per heavy atom. The molecule has 2 aromatic rings. The third-order valence-corrected chi connectivity index (χ3v) is 4.48. The number of hydrogen-bond donors (Lipinski definition) is 2. The molecule has 0 aromatic heterocycles. The van der Waals surface area contributed by atoms with Crippen molar-refractivity contribution in [2.24, 2.45) is 0 Å². The van der Waals surface area contributed by atoms with Gasteiger partial charge in [-0.3, -0.25) is 9.69 Å². The molecule has 2 aromatic carbocycles. The number of halogens is 2. The Balaban J connectivity index is 1.83. The van der Waals surface area contributed by atoms with Gasteiger partial charge in [-0.15, -0.1) is 0 Å². The predicted octanol–water partition coefficient (Wildman–Crippen LogP) is 2.47. The van der Waals surface area contributed by atoms with E-state index < -0.39 is 11.6 Å². The van der Waals surface area contributed by atoms with E-state index in [9.17, 15) is 13.6 Å². The number of benzene rings is 2. The van der Waals surface area contributed by atoms with Crippen molar-refractivity contribution in [3.8, 4) is 0 Å². The first-order chi connectivity index (χ1) is 12.1. The molecule has 1 fully saturated rings. The first-order valence-corrected chi connectivity index (χ1v) is 8.29. The van der Waals surface area contributed by atoms with Crippen LogP contribution in [0.5, 0.6) is 0 Å². The zero-order valence-corrected chi connectivity index (χ0v) is 14.1. The Morgan fingerprint density at radius 2 is 2.08 bits per heavy atom. The summed E-state index contributed by atoms with van der Waals surface area (Å²) in [6.45, 7) is 2.87. The first kappa shape index (κ1) is 17.5. The SMILES string of the molecule is CNC(=O)c1cccc(C2CNCCN2Cc2ccc(F)c(F)c2)c1. The fourth-order valence-corrected chi connectivity index (χ4v) is 3.17. The van der Waals surface area contributed by atoms with Crippen LogP contribution in [0.15, 0.2) is 42.5 Å². The number of piperazine rings is 1. The second-order valence-electron chi connectivity index (χ2n) is 6.14. The lowest BCUT2D eigenvalue weighted by atomic mass is 9.99. The standard InChI is InChI=1S/C19H21F2N3O/c1-22-19(25)15-4-2-3-14(10-15)18-11-23-7-8-24(18)12-13-5-6-16(20)17(21)9-13/h2-6,9-10,18,23H,7-8,11-12H2,1H3,(H,22,25). The highest BCUT2D eigenvalue weighted by atomic mass is 19.2. The van der Waals surface area contributed by atoms with Gasteiger partial charge in [0.1, 0.15) is 0 Å². The van der Waals surface area contributed by atoms with E-state index in [1.165, 1.54) is 6.07 Å². The van der Waals surface area contributed by atoms with E-state index in [2.05, 4.69) is 15.5 Å². The number of amides is 1. The van der Waals surface area contributed by atoms with E-state index in [0.29, 0.717) is 12.1 Å². The molecule has 1 saturated heterocycles. The van der Waals surface area contributed by atoms with Crippen LogP contribution in [0.3, 0.4) is 0 Å². The fourth-order valence-electron chi connectivity index (χ4n) is 3.17. The third-order valence-electron chi connectivity index (χ3n) is 4.48. The summed E-state index contributed by atoms with van der Waals surface area (Å²) in [7, 11) is 1.60. The van der Waals surface area contributed by atoms with Crippen LogP contribution in [0.1, 0.15) is 27.5 Å². The zero-order valence-electron chi connectivity index (χ0n) is 14.1. The maximum atomic E-state index is 13.5. The average molecular weight is 345 g/mol. The quantitative estimate of drug-likeness (QED) is 0.895. The molecule has 0 spiro atoms. The lowest BCUT2D eigenvalue weighted by molar-refractivity contribution is 0.0962. The monoisotopic (exact) mass is 345 g/mol. The summed E-state index contributed by atoms with van der Waals surface area (Å²) in [5, 5.41) is 5.98. The van der Waals surface area contributed by atoms with Crippen LogP contribution in [-0.2, 0) is 6.54 Å². The number of rotatable bonds is 4. The number of nitrogens with one attached hydrogen (secondary N) is 2. The molecule has 0 radical (unpaired) electrons. The van der Waals surface area contributed by atoms with Crippen LogP contribution in [0.4, 0.5) is 8.78 Å². The van der Waals surface area contributed by atoms with Gasteiger partial charge in [-0.1, -0.05) is 18.2 Å². The van der Waals surface area contributed by atoms with E-state index >= 15 is 0 Å². The van der Waals surface area contributed by atoms with E-state index in [1.54, 1.807) is 19.2 Å². The minimum Gasteiger partial charge on any atom is -0.355 e. The van der Waals surface area contributed by atoms with Crippen molar-refractivity contribution in [3.05, 3.63) is 70.8 Å². The molecular weight excluding hydrogens is 324 g/mol. The summed E-state index contributed by atoms with van der Waals surface area (Å²) >= 11 is 0. The highest BCUT2D eigenvalue weighted by Crippen LogP contribution is 2.25. The van der Waals surface area contributed by atoms with Crippen molar-refractivity contribution in [2.75, 3.05) is 26.7 Å². The molecule has 132 valence electrons. The van der Waals surface area contributed by atoms with Gasteiger partial charge in [0.15, 0.2) is 11.6 Å². The lowest BCUT2D eigenvalue weighted by Gasteiger charge is -2.36. The van der Waals surface area contributed by atoms with Gasteiger partial charge in [0.05, 0.1) is 0 Å². The van der Waals surface area contributed by atoms with Gasteiger partial charge in [0.25, 0.3) is 5.91 Å². The van der Waals surface area contributed by atoms with Crippen LogP contribution in [-0.4, -0.2) is 37.5 Å². The van der Waals surface area contributed by atoms with Gasteiger partial charge in [0, 0.05) is 44.8 Å². The Morgan fingerprint density at radius 1 is 1.24 bits per heavy atom. The maximum absolute atomic E-state index is 13.5. The Kier molecular flexibility index (Phi) is 5.40. The second kappa shape index (κ2) is 7.72. The highest BCUT2D eigenvalue weighted by molar-refractivity contribution is 5.94. The number of hydrogen-bond acceptors (Lipinski definition) is 3. The first-order valence-electron chi connectivity index (χ1n) is 8.29. The fraction of sp³-hybridized carbons (Fsp3) is 0.316. The minimum atomic E-state index is -0.834. The van der Waals surface area contributed by atoms with E-state index in [-0.39, 0.29) is 11.9 Å². The Hall–Kier alpha value is -2.31. The smallest absolute Gasteiger partial charge is 0.251 e. The van der Waals surface area contributed by atoms with Crippen molar-refractivity contribution >= 4 is 5.91 Å². The van der Waals surface area contributed by atoms with Crippen LogP contribution in [0.2, 0.25) is 0 Å². The molecule has 1 aliphatic heterocycles. The molecule has 1 atom stereocenters. The van der Waals surface area contributed by atoms with Gasteiger partial charge in [-0.25, -0.2) is 8.78 Å². The van der Waals surface area contributed by atoms with Gasteiger partial charge in [-0.2, -0.15) is 0 Å². The van der Waals surface area contributed by atoms with Crippen molar-refractivity contribution < 1.29 is 13.6 Å². The molecular formula is C19H21F2N3O. The molecule has 6 heteroatoms. The molecule has 4 nitrogen and oxygen atoms in total. The highest BCUT2D eigenvalue weighted by Gasteiger charge is 2.24. The van der Waals surface area contributed by atoms with E-state index in [1.807, 2.05) is 18.2 Å². The minimum absolute atomic E-state index is 0.0615. The van der Waals surface area contributed by atoms with Crippen LogP contribution < -0.4 is 10.6 Å². The molecule has 25 heavy (non-hydrogen) atoms. The molecule has 2 N–H and O–H groups in total. The molecule has 1 unspecified atom stereocenters. The second-order valence-corrected chi connectivity index (χ2v) is 6.14. The van der Waals surface area contributed by atoms with Crippen molar-refractivity contribution in [1.82, 2.24) is 15.5 Å². The summed E-state index contributed by atoms with van der Waals surface area (Å²) < 4.78 is 26.6. The van der Waals surface area contributed by atoms with Crippen LogP contribution in [0.25, 0.3) is 0 Å². The molecule has 3 rings (SSSR count). The summed E-state index contributed by atoms with van der Waals surface area (Å²) in [5.74, 6) is -1.79. The summed E-state index contributed by atoms with van der Waals surface area (Å²) in [6.07, 6.45) is 0. The lowest BCUT2D eigenvalue weighted by Crippen LogP contribution is -2.45. The molecule has 0 saturated carbocycles. The number of nitrogens with zero attached hydrogens (tertiary/aromatic N) is 1. The van der Waals surface area contributed by atoms with Gasteiger partial charge < -0.3 is 10.6 Å². The summed E-state index contributed by atoms with van der Waals surface area (Å²) in [5.41, 5.74) is 2.36. The third kappa shape index (κ3) is 4.03.